The summed E-state index contributed by atoms with van der Waals surface area (Å²) in [5.41, 5.74) is 3.44. The van der Waals surface area contributed by atoms with Gasteiger partial charge in [0.05, 0.1) is 5.69 Å². The Balaban J connectivity index is 1.49. The molecule has 4 rings (SSSR count). The van der Waals surface area contributed by atoms with Crippen LogP contribution in [-0.2, 0) is 11.4 Å². The molecule has 0 unspecified atom stereocenters. The summed E-state index contributed by atoms with van der Waals surface area (Å²) in [6, 6.07) is 17.5. The normalized spacial score (nSPS) is 14.1. The average molecular weight is 459 g/mol. The van der Waals surface area contributed by atoms with Gasteiger partial charge in [-0.1, -0.05) is 51.8 Å². The Hall–Kier alpha value is -2.63. The molecule has 1 heterocycles. The van der Waals surface area contributed by atoms with Crippen molar-refractivity contribution in [2.45, 2.75) is 6.61 Å². The molecule has 0 saturated carbocycles. The fraction of sp³-hybridized carbons (Fsp3) is 0.0455. The van der Waals surface area contributed by atoms with Gasteiger partial charge >= 0.3 is 0 Å². The standard InChI is InChI=1S/C22H14BrClFNO2/c23-15-4-3-14(20(25)10-15)12-28-17-6-1-13(2-7-17)9-19-18-8-5-16(24)11-21(18)26-22(19)27/h1-11H,12H2,(H,26,27)/b19-9-. The summed E-state index contributed by atoms with van der Waals surface area (Å²) in [7, 11) is 0. The number of benzene rings is 3. The summed E-state index contributed by atoms with van der Waals surface area (Å²) in [6.07, 6.45) is 1.81. The van der Waals surface area contributed by atoms with Crippen LogP contribution in [-0.4, -0.2) is 5.91 Å². The third kappa shape index (κ3) is 3.96. The minimum Gasteiger partial charge on any atom is -0.489 e. The third-order valence-corrected chi connectivity index (χ3v) is 5.09. The number of hydrogen-bond donors (Lipinski definition) is 1. The van der Waals surface area contributed by atoms with Crippen molar-refractivity contribution in [1.29, 1.82) is 0 Å². The number of rotatable bonds is 4. The van der Waals surface area contributed by atoms with E-state index in [1.165, 1.54) is 6.07 Å². The molecule has 0 saturated heterocycles. The zero-order valence-corrected chi connectivity index (χ0v) is 16.9. The quantitative estimate of drug-likeness (QED) is 0.465. The van der Waals surface area contributed by atoms with Crippen LogP contribution in [0, 0.1) is 5.82 Å². The summed E-state index contributed by atoms with van der Waals surface area (Å²) in [6.45, 7) is 0.135. The number of hydrogen-bond acceptors (Lipinski definition) is 2. The number of nitrogens with one attached hydrogen (secondary N) is 1. The van der Waals surface area contributed by atoms with E-state index in [-0.39, 0.29) is 18.3 Å². The Labute approximate surface area is 174 Å². The number of fused-ring (bicyclic) bond motifs is 1. The lowest BCUT2D eigenvalue weighted by atomic mass is 10.0. The van der Waals surface area contributed by atoms with E-state index in [1.807, 2.05) is 24.3 Å². The summed E-state index contributed by atoms with van der Waals surface area (Å²) < 4.78 is 20.2. The molecule has 28 heavy (non-hydrogen) atoms. The first-order valence-corrected chi connectivity index (χ1v) is 9.66. The highest BCUT2D eigenvalue weighted by Crippen LogP contribution is 2.35. The highest BCUT2D eigenvalue weighted by Gasteiger charge is 2.24. The molecule has 0 bridgehead atoms. The summed E-state index contributed by atoms with van der Waals surface area (Å²) in [5, 5.41) is 3.39. The molecule has 1 aliphatic heterocycles. The Bertz CT molecular complexity index is 1100. The van der Waals surface area contributed by atoms with Crippen molar-refractivity contribution >= 4 is 50.8 Å². The lowest BCUT2D eigenvalue weighted by molar-refractivity contribution is -0.110. The van der Waals surface area contributed by atoms with E-state index in [0.717, 1.165) is 11.1 Å². The Morgan fingerprint density at radius 2 is 1.86 bits per heavy atom. The number of carbonyl (C=O) groups excluding carboxylic acids is 1. The van der Waals surface area contributed by atoms with Crippen LogP contribution in [0.1, 0.15) is 16.7 Å². The molecule has 0 spiro atoms. The van der Waals surface area contributed by atoms with Crippen molar-refractivity contribution in [3.63, 3.8) is 0 Å². The number of anilines is 1. The van der Waals surface area contributed by atoms with Crippen LogP contribution >= 0.6 is 27.5 Å². The van der Waals surface area contributed by atoms with Crippen molar-refractivity contribution in [3.05, 3.63) is 92.7 Å². The fourth-order valence-corrected chi connectivity index (χ4v) is 3.44. The summed E-state index contributed by atoms with van der Waals surface area (Å²) >= 11 is 9.21. The van der Waals surface area contributed by atoms with Crippen LogP contribution in [0.25, 0.3) is 11.6 Å². The van der Waals surface area contributed by atoms with Crippen molar-refractivity contribution in [2.24, 2.45) is 0 Å². The van der Waals surface area contributed by atoms with Gasteiger partial charge in [-0.05, 0) is 48.0 Å². The molecule has 0 fully saturated rings. The lowest BCUT2D eigenvalue weighted by Crippen LogP contribution is -2.03. The van der Waals surface area contributed by atoms with Gasteiger partial charge in [0.25, 0.3) is 5.91 Å². The van der Waals surface area contributed by atoms with E-state index in [1.54, 1.807) is 36.4 Å². The van der Waals surface area contributed by atoms with Crippen molar-refractivity contribution in [1.82, 2.24) is 0 Å². The number of ether oxygens (including phenoxy) is 1. The SMILES string of the molecule is O=C1Nc2cc(Cl)ccc2/C1=C/c1ccc(OCc2ccc(Br)cc2F)cc1. The zero-order valence-electron chi connectivity index (χ0n) is 14.5. The predicted octanol–water partition coefficient (Wildman–Crippen LogP) is 6.31. The molecule has 1 amide bonds. The van der Waals surface area contributed by atoms with Gasteiger partial charge in [-0.3, -0.25) is 4.79 Å². The van der Waals surface area contributed by atoms with Gasteiger partial charge in [-0.15, -0.1) is 0 Å². The van der Waals surface area contributed by atoms with Crippen molar-refractivity contribution < 1.29 is 13.9 Å². The van der Waals surface area contributed by atoms with Gasteiger partial charge < -0.3 is 10.1 Å². The largest absolute Gasteiger partial charge is 0.489 e. The Kier molecular flexibility index (Phi) is 5.20. The van der Waals surface area contributed by atoms with Gasteiger partial charge in [0.15, 0.2) is 0 Å². The van der Waals surface area contributed by atoms with Crippen LogP contribution in [0.15, 0.2) is 65.1 Å². The predicted molar refractivity (Wildman–Crippen MR) is 113 cm³/mol. The molecule has 3 aromatic carbocycles. The highest BCUT2D eigenvalue weighted by atomic mass is 79.9. The minimum absolute atomic E-state index is 0.135. The lowest BCUT2D eigenvalue weighted by Gasteiger charge is -2.08. The van der Waals surface area contributed by atoms with Gasteiger partial charge in [0.2, 0.25) is 0 Å². The molecule has 0 aliphatic carbocycles. The van der Waals surface area contributed by atoms with Gasteiger partial charge in [-0.2, -0.15) is 0 Å². The molecular formula is C22H14BrClFNO2. The second-order valence-electron chi connectivity index (χ2n) is 6.30. The molecule has 1 aliphatic rings. The van der Waals surface area contributed by atoms with Gasteiger partial charge in [0.1, 0.15) is 18.2 Å². The maximum absolute atomic E-state index is 13.9. The third-order valence-electron chi connectivity index (χ3n) is 4.37. The molecule has 0 radical (unpaired) electrons. The molecule has 0 aromatic heterocycles. The second kappa shape index (κ2) is 7.78. The van der Waals surface area contributed by atoms with Crippen molar-refractivity contribution in [2.75, 3.05) is 5.32 Å². The first kappa shape index (κ1) is 18.7. The van der Waals surface area contributed by atoms with E-state index < -0.39 is 0 Å². The molecule has 6 heteroatoms. The number of halogens is 3. The summed E-state index contributed by atoms with van der Waals surface area (Å²) in [4.78, 5) is 12.2. The maximum atomic E-state index is 13.9. The van der Waals surface area contributed by atoms with Gasteiger partial charge in [0, 0.05) is 26.2 Å². The van der Waals surface area contributed by atoms with Crippen molar-refractivity contribution in [3.8, 4) is 5.75 Å². The van der Waals surface area contributed by atoms with Crippen LogP contribution in [0.3, 0.4) is 0 Å². The molecule has 1 N–H and O–H groups in total. The minimum atomic E-state index is -0.318. The monoisotopic (exact) mass is 457 g/mol. The smallest absolute Gasteiger partial charge is 0.256 e. The Morgan fingerprint density at radius 1 is 1.07 bits per heavy atom. The maximum Gasteiger partial charge on any atom is 0.256 e. The molecule has 140 valence electrons. The fourth-order valence-electron chi connectivity index (χ4n) is 2.94. The van der Waals surface area contributed by atoms with Crippen LogP contribution in [0.2, 0.25) is 5.02 Å². The van der Waals surface area contributed by atoms with Crippen LogP contribution in [0.4, 0.5) is 10.1 Å². The first-order chi connectivity index (χ1) is 13.5. The first-order valence-electron chi connectivity index (χ1n) is 8.49. The summed E-state index contributed by atoms with van der Waals surface area (Å²) in [5.74, 6) is 0.137. The Morgan fingerprint density at radius 3 is 2.61 bits per heavy atom. The van der Waals surface area contributed by atoms with E-state index in [9.17, 15) is 9.18 Å². The average Bonchev–Trinajstić information content (AvgIpc) is 2.96. The van der Waals surface area contributed by atoms with Crippen LogP contribution in [0.5, 0.6) is 5.75 Å². The van der Waals surface area contributed by atoms with E-state index >= 15 is 0 Å². The number of amides is 1. The zero-order chi connectivity index (χ0) is 19.7. The topological polar surface area (TPSA) is 38.3 Å². The van der Waals surface area contributed by atoms with E-state index in [0.29, 0.717) is 32.1 Å². The molecule has 0 atom stereocenters. The van der Waals surface area contributed by atoms with E-state index in [2.05, 4.69) is 21.2 Å². The van der Waals surface area contributed by atoms with Gasteiger partial charge in [-0.25, -0.2) is 4.39 Å². The number of carbonyl (C=O) groups is 1. The van der Waals surface area contributed by atoms with E-state index in [4.69, 9.17) is 16.3 Å². The highest BCUT2D eigenvalue weighted by molar-refractivity contribution is 9.10. The van der Waals surface area contributed by atoms with Crippen LogP contribution < -0.4 is 10.1 Å². The molecule has 3 nitrogen and oxygen atoms in total. The molecule has 3 aromatic rings. The second-order valence-corrected chi connectivity index (χ2v) is 7.65. The molecular weight excluding hydrogens is 445 g/mol.